The lowest BCUT2D eigenvalue weighted by molar-refractivity contribution is -0.676. The topological polar surface area (TPSA) is 46.1 Å². The minimum atomic E-state index is -0.275. The predicted molar refractivity (Wildman–Crippen MR) is 62.9 cm³/mol. The Morgan fingerprint density at radius 2 is 2.27 bits per heavy atom. The van der Waals surface area contributed by atoms with Gasteiger partial charge in [0.05, 0.1) is 13.2 Å². The third-order valence-electron chi connectivity index (χ3n) is 2.11. The van der Waals surface area contributed by atoms with Crippen molar-refractivity contribution >= 4 is 15.9 Å². The molecule has 0 amide bonds. The SMILES string of the molecule is COc1ccc(Br)cc1C[NH2+]C[C@H](C)O. The number of nitrogens with two attached hydrogens (primary N) is 1. The first-order chi connectivity index (χ1) is 7.13. The summed E-state index contributed by atoms with van der Waals surface area (Å²) in [6.45, 7) is 3.30. The zero-order chi connectivity index (χ0) is 11.3. The van der Waals surface area contributed by atoms with Crippen LogP contribution in [0.25, 0.3) is 0 Å². The fraction of sp³-hybridized carbons (Fsp3) is 0.455. The second-order valence-electron chi connectivity index (χ2n) is 3.53. The quantitative estimate of drug-likeness (QED) is 0.838. The summed E-state index contributed by atoms with van der Waals surface area (Å²) in [7, 11) is 1.67. The maximum absolute atomic E-state index is 9.14. The summed E-state index contributed by atoms with van der Waals surface area (Å²) in [4.78, 5) is 0. The molecule has 0 aromatic heterocycles. The molecule has 4 heteroatoms. The average molecular weight is 275 g/mol. The molecular weight excluding hydrogens is 258 g/mol. The Hall–Kier alpha value is -0.580. The number of halogens is 1. The van der Waals surface area contributed by atoms with E-state index in [1.165, 1.54) is 0 Å². The van der Waals surface area contributed by atoms with Gasteiger partial charge in [0.1, 0.15) is 18.8 Å². The molecule has 0 aliphatic carbocycles. The first-order valence-corrected chi connectivity index (χ1v) is 5.75. The zero-order valence-corrected chi connectivity index (χ0v) is 10.6. The van der Waals surface area contributed by atoms with Crippen LogP contribution in [0.5, 0.6) is 5.75 Å². The van der Waals surface area contributed by atoms with Crippen molar-refractivity contribution in [3.05, 3.63) is 28.2 Å². The van der Waals surface area contributed by atoms with Crippen molar-refractivity contribution < 1.29 is 15.2 Å². The highest BCUT2D eigenvalue weighted by Crippen LogP contribution is 2.21. The van der Waals surface area contributed by atoms with Crippen LogP contribution in [0, 0.1) is 0 Å². The molecule has 1 rings (SSSR count). The molecule has 0 saturated carbocycles. The summed E-state index contributed by atoms with van der Waals surface area (Å²) in [5, 5.41) is 11.2. The molecule has 1 aromatic carbocycles. The summed E-state index contributed by atoms with van der Waals surface area (Å²) in [5.74, 6) is 0.889. The second-order valence-corrected chi connectivity index (χ2v) is 4.45. The number of rotatable bonds is 5. The van der Waals surface area contributed by atoms with Gasteiger partial charge in [0.15, 0.2) is 0 Å². The molecule has 0 saturated heterocycles. The lowest BCUT2D eigenvalue weighted by atomic mass is 10.2. The first-order valence-electron chi connectivity index (χ1n) is 4.95. The highest BCUT2D eigenvalue weighted by atomic mass is 79.9. The van der Waals surface area contributed by atoms with E-state index in [0.29, 0.717) is 6.54 Å². The molecule has 0 fully saturated rings. The van der Waals surface area contributed by atoms with Gasteiger partial charge in [0.25, 0.3) is 0 Å². The Labute approximate surface area is 98.6 Å². The summed E-state index contributed by atoms with van der Waals surface area (Å²) >= 11 is 3.43. The van der Waals surface area contributed by atoms with E-state index in [0.717, 1.165) is 22.3 Å². The molecule has 0 spiro atoms. The van der Waals surface area contributed by atoms with Crippen LogP contribution >= 0.6 is 15.9 Å². The Morgan fingerprint density at radius 3 is 2.87 bits per heavy atom. The monoisotopic (exact) mass is 274 g/mol. The largest absolute Gasteiger partial charge is 0.496 e. The van der Waals surface area contributed by atoms with Gasteiger partial charge in [-0.2, -0.15) is 0 Å². The third-order valence-corrected chi connectivity index (χ3v) is 2.61. The number of methoxy groups -OCH3 is 1. The fourth-order valence-electron chi connectivity index (χ4n) is 1.39. The number of aliphatic hydroxyl groups is 1. The summed E-state index contributed by atoms with van der Waals surface area (Å²) in [6.07, 6.45) is -0.275. The van der Waals surface area contributed by atoms with Gasteiger partial charge in [-0.05, 0) is 25.1 Å². The number of quaternary nitrogens is 1. The van der Waals surface area contributed by atoms with Gasteiger partial charge in [-0.25, -0.2) is 0 Å². The predicted octanol–water partition coefficient (Wildman–Crippen LogP) is 0.902. The highest BCUT2D eigenvalue weighted by Gasteiger charge is 2.06. The fourth-order valence-corrected chi connectivity index (χ4v) is 1.80. The zero-order valence-electron chi connectivity index (χ0n) is 9.03. The number of hydrogen-bond acceptors (Lipinski definition) is 2. The van der Waals surface area contributed by atoms with E-state index in [4.69, 9.17) is 9.84 Å². The second kappa shape index (κ2) is 6.10. The van der Waals surface area contributed by atoms with Crippen LogP contribution < -0.4 is 10.1 Å². The van der Waals surface area contributed by atoms with E-state index in [9.17, 15) is 0 Å². The van der Waals surface area contributed by atoms with Gasteiger partial charge >= 0.3 is 0 Å². The Morgan fingerprint density at radius 1 is 1.53 bits per heavy atom. The minimum absolute atomic E-state index is 0.275. The molecule has 84 valence electrons. The minimum Gasteiger partial charge on any atom is -0.496 e. The number of ether oxygens (including phenoxy) is 1. The van der Waals surface area contributed by atoms with E-state index in [-0.39, 0.29) is 6.10 Å². The Bertz CT molecular complexity index is 315. The Kier molecular flexibility index (Phi) is 5.08. The Balaban J connectivity index is 2.62. The van der Waals surface area contributed by atoms with Crippen molar-refractivity contribution in [1.82, 2.24) is 0 Å². The number of aliphatic hydroxyl groups excluding tert-OH is 1. The maximum atomic E-state index is 9.14. The van der Waals surface area contributed by atoms with Crippen LogP contribution in [0.2, 0.25) is 0 Å². The van der Waals surface area contributed by atoms with Gasteiger partial charge in [0.2, 0.25) is 0 Å². The van der Waals surface area contributed by atoms with Crippen LogP contribution in [-0.2, 0) is 6.54 Å². The van der Waals surface area contributed by atoms with Gasteiger partial charge in [-0.3, -0.25) is 0 Å². The average Bonchev–Trinajstić information content (AvgIpc) is 2.17. The van der Waals surface area contributed by atoms with E-state index in [2.05, 4.69) is 21.2 Å². The van der Waals surface area contributed by atoms with Gasteiger partial charge < -0.3 is 15.2 Å². The molecule has 0 unspecified atom stereocenters. The number of hydrogen-bond donors (Lipinski definition) is 2. The van der Waals surface area contributed by atoms with Crippen molar-refractivity contribution in [1.29, 1.82) is 0 Å². The molecular formula is C11H17BrNO2+. The standard InChI is InChI=1S/C11H16BrNO2/c1-8(14)6-13-7-9-5-10(12)3-4-11(9)15-2/h3-5,8,13-14H,6-7H2,1-2H3/p+1/t8-/m0/s1. The molecule has 0 heterocycles. The molecule has 0 aliphatic rings. The smallest absolute Gasteiger partial charge is 0.127 e. The first kappa shape index (κ1) is 12.5. The van der Waals surface area contributed by atoms with Crippen molar-refractivity contribution in [2.75, 3.05) is 13.7 Å². The molecule has 1 atom stereocenters. The molecule has 3 nitrogen and oxygen atoms in total. The van der Waals surface area contributed by atoms with E-state index >= 15 is 0 Å². The van der Waals surface area contributed by atoms with Crippen LogP contribution in [-0.4, -0.2) is 24.9 Å². The van der Waals surface area contributed by atoms with Crippen molar-refractivity contribution in [2.24, 2.45) is 0 Å². The van der Waals surface area contributed by atoms with Crippen LogP contribution in [0.1, 0.15) is 12.5 Å². The van der Waals surface area contributed by atoms with Crippen molar-refractivity contribution in [2.45, 2.75) is 19.6 Å². The lowest BCUT2D eigenvalue weighted by Gasteiger charge is -2.08. The van der Waals surface area contributed by atoms with Crippen molar-refractivity contribution in [3.63, 3.8) is 0 Å². The highest BCUT2D eigenvalue weighted by molar-refractivity contribution is 9.10. The normalized spacial score (nSPS) is 12.5. The summed E-state index contributed by atoms with van der Waals surface area (Å²) in [6, 6.07) is 5.93. The molecule has 3 N–H and O–H groups in total. The van der Waals surface area contributed by atoms with Crippen LogP contribution in [0.4, 0.5) is 0 Å². The van der Waals surface area contributed by atoms with Crippen molar-refractivity contribution in [3.8, 4) is 5.75 Å². The summed E-state index contributed by atoms with van der Waals surface area (Å²) < 4.78 is 6.30. The molecule has 15 heavy (non-hydrogen) atoms. The third kappa shape index (κ3) is 4.20. The van der Waals surface area contributed by atoms with Gasteiger partial charge in [-0.15, -0.1) is 0 Å². The van der Waals surface area contributed by atoms with Gasteiger partial charge in [0, 0.05) is 10.0 Å². The lowest BCUT2D eigenvalue weighted by Crippen LogP contribution is -2.84. The van der Waals surface area contributed by atoms with Crippen LogP contribution in [0.15, 0.2) is 22.7 Å². The molecule has 0 radical (unpaired) electrons. The van der Waals surface area contributed by atoms with E-state index < -0.39 is 0 Å². The van der Waals surface area contributed by atoms with Gasteiger partial charge in [-0.1, -0.05) is 15.9 Å². The maximum Gasteiger partial charge on any atom is 0.127 e. The van der Waals surface area contributed by atoms with E-state index in [1.807, 2.05) is 18.2 Å². The molecule has 1 aromatic rings. The molecule has 0 bridgehead atoms. The molecule has 0 aliphatic heterocycles. The van der Waals surface area contributed by atoms with E-state index in [1.54, 1.807) is 14.0 Å². The van der Waals surface area contributed by atoms with Crippen LogP contribution in [0.3, 0.4) is 0 Å². The summed E-state index contributed by atoms with van der Waals surface area (Å²) in [5.41, 5.74) is 1.13. The number of benzene rings is 1.